The van der Waals surface area contributed by atoms with E-state index < -0.39 is 5.97 Å². The molecule has 0 aliphatic rings. The summed E-state index contributed by atoms with van der Waals surface area (Å²) in [6, 6.07) is 8.32. The standard InChI is InChI=1S/C19H19Cl2N3O3/c1-2-27-17(25)8-3-13-11-16(21)18(24-12-13)22-9-10-23-19(26)14-4-6-15(20)7-5-14/h3-8,11-12H,2,9-10H2,1H3,(H,22,24)(H,23,26)/b8-3+. The van der Waals surface area contributed by atoms with Gasteiger partial charge in [-0.3, -0.25) is 4.79 Å². The number of benzene rings is 1. The minimum atomic E-state index is -0.424. The van der Waals surface area contributed by atoms with Crippen LogP contribution in [0.1, 0.15) is 22.8 Å². The number of amides is 1. The van der Waals surface area contributed by atoms with Gasteiger partial charge in [0.2, 0.25) is 0 Å². The van der Waals surface area contributed by atoms with Gasteiger partial charge in [-0.1, -0.05) is 23.2 Å². The van der Waals surface area contributed by atoms with Crippen molar-refractivity contribution in [2.24, 2.45) is 0 Å². The maximum Gasteiger partial charge on any atom is 0.330 e. The normalized spacial score (nSPS) is 10.6. The molecule has 2 rings (SSSR count). The number of hydrogen-bond acceptors (Lipinski definition) is 5. The van der Waals surface area contributed by atoms with Crippen LogP contribution in [0.5, 0.6) is 0 Å². The van der Waals surface area contributed by atoms with E-state index in [1.54, 1.807) is 49.5 Å². The second-order valence-electron chi connectivity index (χ2n) is 5.37. The van der Waals surface area contributed by atoms with Crippen LogP contribution in [-0.2, 0) is 9.53 Å². The number of carbonyl (C=O) groups excluding carboxylic acids is 2. The predicted molar refractivity (Wildman–Crippen MR) is 107 cm³/mol. The molecule has 1 aromatic carbocycles. The van der Waals surface area contributed by atoms with E-state index >= 15 is 0 Å². The highest BCUT2D eigenvalue weighted by molar-refractivity contribution is 6.33. The van der Waals surface area contributed by atoms with Gasteiger partial charge in [-0.25, -0.2) is 9.78 Å². The molecule has 1 amide bonds. The van der Waals surface area contributed by atoms with Crippen molar-refractivity contribution in [3.05, 3.63) is 63.8 Å². The van der Waals surface area contributed by atoms with Crippen LogP contribution < -0.4 is 10.6 Å². The van der Waals surface area contributed by atoms with Gasteiger partial charge in [-0.05, 0) is 48.9 Å². The van der Waals surface area contributed by atoms with Crippen LogP contribution in [0.15, 0.2) is 42.6 Å². The highest BCUT2D eigenvalue weighted by Crippen LogP contribution is 2.20. The number of esters is 1. The van der Waals surface area contributed by atoms with Crippen molar-refractivity contribution in [3.8, 4) is 0 Å². The fraction of sp³-hybridized carbons (Fsp3) is 0.211. The Morgan fingerprint density at radius 1 is 1.19 bits per heavy atom. The summed E-state index contributed by atoms with van der Waals surface area (Å²) in [4.78, 5) is 27.5. The summed E-state index contributed by atoms with van der Waals surface area (Å²) >= 11 is 12.0. The molecule has 142 valence electrons. The number of carbonyl (C=O) groups is 2. The second-order valence-corrected chi connectivity index (χ2v) is 6.22. The van der Waals surface area contributed by atoms with E-state index in [1.807, 2.05) is 0 Å². The first-order chi connectivity index (χ1) is 13.0. The van der Waals surface area contributed by atoms with Crippen molar-refractivity contribution >= 4 is 47.0 Å². The molecule has 0 radical (unpaired) electrons. The van der Waals surface area contributed by atoms with Crippen molar-refractivity contribution in [1.29, 1.82) is 0 Å². The third-order valence-corrected chi connectivity index (χ3v) is 3.91. The largest absolute Gasteiger partial charge is 0.463 e. The monoisotopic (exact) mass is 407 g/mol. The SMILES string of the molecule is CCOC(=O)/C=C/c1cnc(NCCNC(=O)c2ccc(Cl)cc2)c(Cl)c1. The van der Waals surface area contributed by atoms with E-state index in [0.29, 0.717) is 46.7 Å². The molecule has 0 aliphatic carbocycles. The van der Waals surface area contributed by atoms with Crippen LogP contribution in [0.3, 0.4) is 0 Å². The van der Waals surface area contributed by atoms with Gasteiger partial charge in [-0.15, -0.1) is 0 Å². The van der Waals surface area contributed by atoms with Crippen LogP contribution in [0.25, 0.3) is 6.08 Å². The molecule has 0 fully saturated rings. The summed E-state index contributed by atoms with van der Waals surface area (Å²) in [6.45, 7) is 2.90. The predicted octanol–water partition coefficient (Wildman–Crippen LogP) is 3.81. The summed E-state index contributed by atoms with van der Waals surface area (Å²) < 4.78 is 4.81. The maximum atomic E-state index is 12.0. The zero-order chi connectivity index (χ0) is 19.6. The van der Waals surface area contributed by atoms with E-state index in [-0.39, 0.29) is 5.91 Å². The number of nitrogens with one attached hydrogen (secondary N) is 2. The first-order valence-electron chi connectivity index (χ1n) is 8.27. The Hall–Kier alpha value is -2.57. The molecule has 0 saturated carbocycles. The minimum Gasteiger partial charge on any atom is -0.463 e. The molecular weight excluding hydrogens is 389 g/mol. The Morgan fingerprint density at radius 2 is 1.93 bits per heavy atom. The number of nitrogens with zero attached hydrogens (tertiary/aromatic N) is 1. The Kier molecular flexibility index (Phi) is 8.10. The minimum absolute atomic E-state index is 0.188. The number of anilines is 1. The van der Waals surface area contributed by atoms with Gasteiger partial charge in [-0.2, -0.15) is 0 Å². The molecule has 1 aromatic heterocycles. The molecule has 6 nitrogen and oxygen atoms in total. The zero-order valence-corrected chi connectivity index (χ0v) is 16.2. The number of hydrogen-bond donors (Lipinski definition) is 2. The molecule has 0 atom stereocenters. The Labute approximate surface area is 167 Å². The molecule has 0 aliphatic heterocycles. The third-order valence-electron chi connectivity index (χ3n) is 3.37. The molecule has 1 heterocycles. The molecule has 27 heavy (non-hydrogen) atoms. The van der Waals surface area contributed by atoms with Crippen LogP contribution in [0.2, 0.25) is 10.0 Å². The van der Waals surface area contributed by atoms with Gasteiger partial charge in [0.25, 0.3) is 5.91 Å². The molecule has 0 unspecified atom stereocenters. The lowest BCUT2D eigenvalue weighted by Crippen LogP contribution is -2.28. The van der Waals surface area contributed by atoms with Gasteiger partial charge in [0.1, 0.15) is 5.82 Å². The average molecular weight is 408 g/mol. The van der Waals surface area contributed by atoms with Crippen LogP contribution in [-0.4, -0.2) is 36.6 Å². The van der Waals surface area contributed by atoms with E-state index in [2.05, 4.69) is 15.6 Å². The highest BCUT2D eigenvalue weighted by atomic mass is 35.5. The molecule has 0 saturated heterocycles. The lowest BCUT2D eigenvalue weighted by atomic mass is 10.2. The first-order valence-corrected chi connectivity index (χ1v) is 9.03. The average Bonchev–Trinajstić information content (AvgIpc) is 2.65. The van der Waals surface area contributed by atoms with Gasteiger partial charge >= 0.3 is 5.97 Å². The van der Waals surface area contributed by atoms with E-state index in [0.717, 1.165) is 0 Å². The maximum absolute atomic E-state index is 12.0. The van der Waals surface area contributed by atoms with E-state index in [9.17, 15) is 9.59 Å². The van der Waals surface area contributed by atoms with E-state index in [1.165, 1.54) is 6.08 Å². The summed E-state index contributed by atoms with van der Waals surface area (Å²) in [7, 11) is 0. The number of rotatable bonds is 8. The fourth-order valence-corrected chi connectivity index (χ4v) is 2.46. The van der Waals surface area contributed by atoms with Gasteiger partial charge < -0.3 is 15.4 Å². The molecule has 8 heteroatoms. The molecule has 0 bridgehead atoms. The molecule has 2 aromatic rings. The lowest BCUT2D eigenvalue weighted by Gasteiger charge is -2.09. The van der Waals surface area contributed by atoms with Gasteiger partial charge in [0.15, 0.2) is 0 Å². The number of aromatic nitrogens is 1. The van der Waals surface area contributed by atoms with Crippen molar-refractivity contribution in [3.63, 3.8) is 0 Å². The highest BCUT2D eigenvalue weighted by Gasteiger charge is 2.06. The molecule has 2 N–H and O–H groups in total. The smallest absolute Gasteiger partial charge is 0.330 e. The molecule has 0 spiro atoms. The fourth-order valence-electron chi connectivity index (χ4n) is 2.09. The molecular formula is C19H19Cl2N3O3. The second kappa shape index (κ2) is 10.5. The Morgan fingerprint density at radius 3 is 2.59 bits per heavy atom. The van der Waals surface area contributed by atoms with Crippen molar-refractivity contribution < 1.29 is 14.3 Å². The van der Waals surface area contributed by atoms with Crippen LogP contribution in [0.4, 0.5) is 5.82 Å². The summed E-state index contributed by atoms with van der Waals surface area (Å²) in [5.74, 6) is -0.120. The Bertz CT molecular complexity index is 823. The first kappa shape index (κ1) is 20.7. The number of pyridine rings is 1. The third kappa shape index (κ3) is 6.92. The van der Waals surface area contributed by atoms with Gasteiger partial charge in [0.05, 0.1) is 11.6 Å². The Balaban J connectivity index is 1.81. The number of halogens is 2. The summed E-state index contributed by atoms with van der Waals surface area (Å²) in [5, 5.41) is 6.82. The summed E-state index contributed by atoms with van der Waals surface area (Å²) in [5.41, 5.74) is 1.21. The van der Waals surface area contributed by atoms with Crippen molar-refractivity contribution in [2.75, 3.05) is 25.0 Å². The quantitative estimate of drug-likeness (QED) is 0.395. The van der Waals surface area contributed by atoms with Crippen LogP contribution in [0, 0.1) is 0 Å². The van der Waals surface area contributed by atoms with Gasteiger partial charge in [0, 0.05) is 35.9 Å². The zero-order valence-electron chi connectivity index (χ0n) is 14.7. The number of ether oxygens (including phenoxy) is 1. The summed E-state index contributed by atoms with van der Waals surface area (Å²) in [6.07, 6.45) is 4.47. The van der Waals surface area contributed by atoms with Crippen LogP contribution >= 0.6 is 23.2 Å². The van der Waals surface area contributed by atoms with E-state index in [4.69, 9.17) is 27.9 Å². The topological polar surface area (TPSA) is 80.3 Å². The van der Waals surface area contributed by atoms with Crippen molar-refractivity contribution in [1.82, 2.24) is 10.3 Å². The van der Waals surface area contributed by atoms with Crippen molar-refractivity contribution in [2.45, 2.75) is 6.92 Å². The lowest BCUT2D eigenvalue weighted by molar-refractivity contribution is -0.137.